The summed E-state index contributed by atoms with van der Waals surface area (Å²) in [7, 11) is 0. The van der Waals surface area contributed by atoms with E-state index in [-0.39, 0.29) is 22.1 Å². The van der Waals surface area contributed by atoms with Crippen LogP contribution in [-0.2, 0) is 0 Å². The molecule has 0 aliphatic heterocycles. The lowest BCUT2D eigenvalue weighted by Crippen LogP contribution is -2.35. The lowest BCUT2D eigenvalue weighted by molar-refractivity contribution is 0.0944. The van der Waals surface area contributed by atoms with E-state index in [0.717, 1.165) is 25.7 Å². The van der Waals surface area contributed by atoms with Crippen molar-refractivity contribution in [3.05, 3.63) is 28.0 Å². The highest BCUT2D eigenvalue weighted by Crippen LogP contribution is 2.36. The number of nitrogens with one attached hydrogen (secondary N) is 1. The van der Waals surface area contributed by atoms with Gasteiger partial charge >= 0.3 is 0 Å². The Hall–Kier alpha value is -0.510. The van der Waals surface area contributed by atoms with Gasteiger partial charge in [0.1, 0.15) is 0 Å². The molecule has 2 nitrogen and oxygen atoms in total. The van der Waals surface area contributed by atoms with Gasteiger partial charge in [0.25, 0.3) is 0 Å². The molecule has 0 radical (unpaired) electrons. The monoisotopic (exact) mass is 305 g/mol. The van der Waals surface area contributed by atoms with Crippen LogP contribution >= 0.6 is 23.2 Å². The van der Waals surface area contributed by atoms with Crippen LogP contribution in [0.15, 0.2) is 12.1 Å². The minimum atomic E-state index is -0.594. The fourth-order valence-electron chi connectivity index (χ4n) is 2.64. The van der Waals surface area contributed by atoms with Crippen molar-refractivity contribution in [1.82, 2.24) is 0 Å². The van der Waals surface area contributed by atoms with Crippen molar-refractivity contribution in [2.75, 3.05) is 18.5 Å². The van der Waals surface area contributed by atoms with Gasteiger partial charge in [-0.25, -0.2) is 4.39 Å². The highest BCUT2D eigenvalue weighted by atomic mass is 35.5. The molecule has 2 N–H and O–H groups in total. The fraction of sp³-hybridized carbons (Fsp3) is 0.571. The van der Waals surface area contributed by atoms with E-state index in [2.05, 4.69) is 5.32 Å². The van der Waals surface area contributed by atoms with E-state index >= 15 is 0 Å². The van der Waals surface area contributed by atoms with E-state index < -0.39 is 5.82 Å². The predicted octanol–water partition coefficient (Wildman–Crippen LogP) is 4.49. The van der Waals surface area contributed by atoms with Crippen molar-refractivity contribution in [3.8, 4) is 0 Å². The number of rotatable bonds is 4. The topological polar surface area (TPSA) is 32.3 Å². The zero-order valence-corrected chi connectivity index (χ0v) is 12.2. The molecular formula is C14H18Cl2FNO. The van der Waals surface area contributed by atoms with E-state index in [9.17, 15) is 9.50 Å². The summed E-state index contributed by atoms with van der Waals surface area (Å²) >= 11 is 11.5. The molecule has 1 aliphatic carbocycles. The van der Waals surface area contributed by atoms with Gasteiger partial charge < -0.3 is 10.4 Å². The van der Waals surface area contributed by atoms with Crippen molar-refractivity contribution in [2.24, 2.45) is 5.41 Å². The van der Waals surface area contributed by atoms with Gasteiger partial charge in [-0.2, -0.15) is 0 Å². The third-order valence-corrected chi connectivity index (χ3v) is 4.45. The second-order valence-corrected chi connectivity index (χ2v) is 6.14. The van der Waals surface area contributed by atoms with Crippen LogP contribution in [0.4, 0.5) is 10.1 Å². The molecule has 0 unspecified atom stereocenters. The van der Waals surface area contributed by atoms with E-state index in [0.29, 0.717) is 12.2 Å². The summed E-state index contributed by atoms with van der Waals surface area (Å²) in [6, 6.07) is 3.05. The zero-order chi connectivity index (χ0) is 13.9. The first-order valence-electron chi connectivity index (χ1n) is 6.56. The number of hydrogen-bond donors (Lipinski definition) is 2. The average molecular weight is 306 g/mol. The lowest BCUT2D eigenvalue weighted by Gasteiger charge is -2.36. The first-order valence-corrected chi connectivity index (χ1v) is 7.31. The number of benzene rings is 1. The smallest absolute Gasteiger partial charge is 0.160 e. The Bertz CT molecular complexity index is 424. The predicted molar refractivity (Wildman–Crippen MR) is 77.5 cm³/mol. The number of aliphatic hydroxyl groups excluding tert-OH is 1. The standard InChI is InChI=1S/C14H18Cl2FNO/c15-11-6-10(7-12(16)13(11)17)18-8-14(9-19)4-2-1-3-5-14/h6-7,18-19H,1-5,8-9H2. The molecule has 19 heavy (non-hydrogen) atoms. The third-order valence-electron chi connectivity index (χ3n) is 3.90. The molecule has 0 spiro atoms. The van der Waals surface area contributed by atoms with Crippen LogP contribution in [0.25, 0.3) is 0 Å². The van der Waals surface area contributed by atoms with Crippen molar-refractivity contribution < 1.29 is 9.50 Å². The lowest BCUT2D eigenvalue weighted by atomic mass is 9.74. The summed E-state index contributed by atoms with van der Waals surface area (Å²) in [5.74, 6) is -0.594. The van der Waals surface area contributed by atoms with E-state index in [1.165, 1.54) is 18.6 Å². The summed E-state index contributed by atoms with van der Waals surface area (Å²) in [6.07, 6.45) is 5.55. The molecule has 1 aromatic carbocycles. The molecule has 1 aromatic rings. The van der Waals surface area contributed by atoms with Gasteiger partial charge in [-0.3, -0.25) is 0 Å². The van der Waals surface area contributed by atoms with Crippen LogP contribution in [0.5, 0.6) is 0 Å². The molecule has 5 heteroatoms. The maximum Gasteiger partial charge on any atom is 0.160 e. The number of halogens is 3. The molecule has 1 saturated carbocycles. The molecule has 0 bridgehead atoms. The van der Waals surface area contributed by atoms with Gasteiger partial charge in [0.2, 0.25) is 0 Å². The minimum absolute atomic E-state index is 0.0108. The molecular weight excluding hydrogens is 288 g/mol. The highest BCUT2D eigenvalue weighted by Gasteiger charge is 2.31. The summed E-state index contributed by atoms with van der Waals surface area (Å²) in [5, 5.41) is 12.9. The maximum atomic E-state index is 13.3. The largest absolute Gasteiger partial charge is 0.396 e. The molecule has 0 heterocycles. The first-order chi connectivity index (χ1) is 9.06. The maximum absolute atomic E-state index is 13.3. The second-order valence-electron chi connectivity index (χ2n) is 5.33. The van der Waals surface area contributed by atoms with Gasteiger partial charge in [0, 0.05) is 17.6 Å². The number of aliphatic hydroxyl groups is 1. The Morgan fingerprint density at radius 1 is 1.16 bits per heavy atom. The summed E-state index contributed by atoms with van der Waals surface area (Å²) in [6.45, 7) is 0.824. The zero-order valence-electron chi connectivity index (χ0n) is 10.7. The van der Waals surface area contributed by atoms with Crippen molar-refractivity contribution in [1.29, 1.82) is 0 Å². The Kier molecular flexibility index (Phi) is 4.93. The third kappa shape index (κ3) is 3.53. The highest BCUT2D eigenvalue weighted by molar-refractivity contribution is 6.35. The van der Waals surface area contributed by atoms with Gasteiger partial charge in [0.15, 0.2) is 5.82 Å². The SMILES string of the molecule is OCC1(CNc2cc(Cl)c(F)c(Cl)c2)CCCCC1. The van der Waals surface area contributed by atoms with Crippen LogP contribution in [0.3, 0.4) is 0 Å². The normalized spacial score (nSPS) is 18.3. The van der Waals surface area contributed by atoms with Gasteiger partial charge in [-0.1, -0.05) is 42.5 Å². The number of hydrogen-bond acceptors (Lipinski definition) is 2. The van der Waals surface area contributed by atoms with Crippen LogP contribution in [0.2, 0.25) is 10.0 Å². The van der Waals surface area contributed by atoms with Crippen molar-refractivity contribution in [2.45, 2.75) is 32.1 Å². The minimum Gasteiger partial charge on any atom is -0.396 e. The van der Waals surface area contributed by atoms with Gasteiger partial charge in [0.05, 0.1) is 16.7 Å². The Balaban J connectivity index is 2.05. The van der Waals surface area contributed by atoms with Crippen LogP contribution in [0.1, 0.15) is 32.1 Å². The van der Waals surface area contributed by atoms with Crippen molar-refractivity contribution in [3.63, 3.8) is 0 Å². The van der Waals surface area contributed by atoms with E-state index in [1.807, 2.05) is 0 Å². The fourth-order valence-corrected chi connectivity index (χ4v) is 3.13. The van der Waals surface area contributed by atoms with E-state index in [1.54, 1.807) is 0 Å². The summed E-state index contributed by atoms with van der Waals surface area (Å²) in [5.41, 5.74) is 0.612. The van der Waals surface area contributed by atoms with Crippen LogP contribution < -0.4 is 5.32 Å². The Morgan fingerprint density at radius 2 is 1.74 bits per heavy atom. The summed E-state index contributed by atoms with van der Waals surface area (Å²) < 4.78 is 13.3. The van der Waals surface area contributed by atoms with Crippen molar-refractivity contribution >= 4 is 28.9 Å². The number of anilines is 1. The summed E-state index contributed by atoms with van der Waals surface area (Å²) in [4.78, 5) is 0. The molecule has 106 valence electrons. The quantitative estimate of drug-likeness (QED) is 0.803. The molecule has 0 saturated heterocycles. The second kappa shape index (κ2) is 6.29. The Labute approximate surface area is 122 Å². The molecule has 2 rings (SSSR count). The first kappa shape index (κ1) is 14.9. The molecule has 1 fully saturated rings. The molecule has 0 amide bonds. The molecule has 1 aliphatic rings. The van der Waals surface area contributed by atoms with Gasteiger partial charge in [-0.15, -0.1) is 0 Å². The van der Waals surface area contributed by atoms with E-state index in [4.69, 9.17) is 23.2 Å². The average Bonchev–Trinajstić information content (AvgIpc) is 2.43. The molecule has 0 atom stereocenters. The van der Waals surface area contributed by atoms with Gasteiger partial charge in [-0.05, 0) is 25.0 Å². The Morgan fingerprint density at radius 3 is 2.26 bits per heavy atom. The van der Waals surface area contributed by atoms with Crippen LogP contribution in [-0.4, -0.2) is 18.3 Å². The molecule has 0 aromatic heterocycles. The van der Waals surface area contributed by atoms with Crippen LogP contribution in [0, 0.1) is 11.2 Å².